The van der Waals surface area contributed by atoms with Crippen molar-refractivity contribution in [1.82, 2.24) is 0 Å². The Hall–Kier alpha value is -2.04. The zero-order chi connectivity index (χ0) is 16.4. The van der Waals surface area contributed by atoms with Crippen molar-refractivity contribution in [2.75, 3.05) is 0 Å². The predicted molar refractivity (Wildman–Crippen MR) is 80.9 cm³/mol. The second-order valence-corrected chi connectivity index (χ2v) is 5.97. The van der Waals surface area contributed by atoms with Crippen molar-refractivity contribution in [3.05, 3.63) is 35.6 Å². The summed E-state index contributed by atoms with van der Waals surface area (Å²) in [6, 6.07) is 0. The molecule has 0 aromatic carbocycles. The Labute approximate surface area is 130 Å². The molecule has 1 N–H and O–H groups in total. The number of aliphatic hydroxyl groups excluding tert-OH is 1. The normalized spacial score (nSPS) is 30.0. The summed E-state index contributed by atoms with van der Waals surface area (Å²) < 4.78 is 10.3. The van der Waals surface area contributed by atoms with E-state index < -0.39 is 12.1 Å². The third kappa shape index (κ3) is 3.40. The van der Waals surface area contributed by atoms with Crippen molar-refractivity contribution in [3.8, 4) is 0 Å². The zero-order valence-electron chi connectivity index (χ0n) is 13.2. The van der Waals surface area contributed by atoms with E-state index in [9.17, 15) is 14.7 Å². The highest BCUT2D eigenvalue weighted by Crippen LogP contribution is 2.39. The van der Waals surface area contributed by atoms with Crippen LogP contribution in [-0.4, -0.2) is 29.3 Å². The van der Waals surface area contributed by atoms with Crippen LogP contribution in [0.5, 0.6) is 0 Å². The van der Waals surface area contributed by atoms with E-state index >= 15 is 0 Å². The smallest absolute Gasteiger partial charge is 0.334 e. The summed E-state index contributed by atoms with van der Waals surface area (Å²) in [4.78, 5) is 22.5. The molecule has 5 nitrogen and oxygen atoms in total. The molecule has 0 saturated carbocycles. The fourth-order valence-electron chi connectivity index (χ4n) is 3.08. The fraction of sp³-hybridized carbons (Fsp3) is 0.529. The number of hydrogen-bond acceptors (Lipinski definition) is 5. The van der Waals surface area contributed by atoms with Crippen molar-refractivity contribution < 1.29 is 24.2 Å². The zero-order valence-corrected chi connectivity index (χ0v) is 13.2. The molecule has 2 rings (SSSR count). The molecule has 0 radical (unpaired) electrons. The minimum absolute atomic E-state index is 0.0221. The maximum atomic E-state index is 11.6. The SMILES string of the molecule is C=C1C(=O)O[C@H]2C[C@H](C)C(/C(O)=C\[C@H](C)OC(C)=O)=CC[C@H]12. The maximum absolute atomic E-state index is 11.6. The van der Waals surface area contributed by atoms with Crippen molar-refractivity contribution in [2.24, 2.45) is 11.8 Å². The second kappa shape index (κ2) is 6.38. The number of fused-ring (bicyclic) bond motifs is 1. The lowest BCUT2D eigenvalue weighted by Crippen LogP contribution is -2.18. The van der Waals surface area contributed by atoms with E-state index in [0.29, 0.717) is 18.4 Å². The summed E-state index contributed by atoms with van der Waals surface area (Å²) in [5.41, 5.74) is 1.30. The molecule has 1 fully saturated rings. The highest BCUT2D eigenvalue weighted by atomic mass is 16.6. The Bertz CT molecular complexity index is 557. The molecule has 4 atom stereocenters. The van der Waals surface area contributed by atoms with Crippen molar-refractivity contribution in [3.63, 3.8) is 0 Å². The van der Waals surface area contributed by atoms with Gasteiger partial charge in [-0.2, -0.15) is 0 Å². The molecule has 1 aliphatic heterocycles. The first-order valence-electron chi connectivity index (χ1n) is 7.47. The van der Waals surface area contributed by atoms with Crippen LogP contribution in [0.15, 0.2) is 35.6 Å². The molecular weight excluding hydrogens is 284 g/mol. The first-order chi connectivity index (χ1) is 10.3. The molecule has 1 aliphatic carbocycles. The number of allylic oxidation sites excluding steroid dienone is 2. The molecule has 120 valence electrons. The molecule has 0 unspecified atom stereocenters. The standard InChI is InChI=1S/C17H22O5/c1-9-7-16-14(11(3)17(20)22-16)6-5-13(9)15(19)8-10(2)21-12(4)18/h5,8-10,14,16,19H,3,6-7H2,1-2,4H3/b15-8+/t9-,10-,14+,16-/m0/s1. The molecule has 0 amide bonds. The number of aliphatic hydroxyl groups is 1. The van der Waals surface area contributed by atoms with Crippen LogP contribution >= 0.6 is 0 Å². The van der Waals surface area contributed by atoms with E-state index in [4.69, 9.17) is 9.47 Å². The van der Waals surface area contributed by atoms with Gasteiger partial charge in [0, 0.05) is 18.4 Å². The van der Waals surface area contributed by atoms with Crippen LogP contribution in [0.4, 0.5) is 0 Å². The molecule has 0 spiro atoms. The minimum Gasteiger partial charge on any atom is -0.508 e. The van der Waals surface area contributed by atoms with E-state index in [1.807, 2.05) is 13.0 Å². The molecule has 0 aromatic heterocycles. The van der Waals surface area contributed by atoms with E-state index in [0.717, 1.165) is 5.57 Å². The Morgan fingerprint density at radius 1 is 1.59 bits per heavy atom. The molecule has 0 bridgehead atoms. The molecule has 1 heterocycles. The number of rotatable bonds is 3. The predicted octanol–water partition coefficient (Wildman–Crippen LogP) is 2.83. The Kier molecular flexibility index (Phi) is 4.74. The van der Waals surface area contributed by atoms with Crippen molar-refractivity contribution >= 4 is 11.9 Å². The van der Waals surface area contributed by atoms with Gasteiger partial charge in [-0.3, -0.25) is 4.79 Å². The van der Waals surface area contributed by atoms with E-state index in [1.165, 1.54) is 13.0 Å². The van der Waals surface area contributed by atoms with Crippen LogP contribution < -0.4 is 0 Å². The van der Waals surface area contributed by atoms with Gasteiger partial charge in [-0.15, -0.1) is 0 Å². The number of carbonyl (C=O) groups excluding carboxylic acids is 2. The number of ether oxygens (including phenoxy) is 2. The van der Waals surface area contributed by atoms with E-state index in [-0.39, 0.29) is 29.7 Å². The van der Waals surface area contributed by atoms with Gasteiger partial charge in [-0.25, -0.2) is 4.79 Å². The molecule has 0 aromatic rings. The van der Waals surface area contributed by atoms with Gasteiger partial charge >= 0.3 is 11.9 Å². The average molecular weight is 306 g/mol. The third-order valence-electron chi connectivity index (χ3n) is 4.17. The number of carbonyl (C=O) groups is 2. The topological polar surface area (TPSA) is 72.8 Å². The Morgan fingerprint density at radius 3 is 2.91 bits per heavy atom. The summed E-state index contributed by atoms with van der Waals surface area (Å²) in [5.74, 6) is -0.585. The lowest BCUT2D eigenvalue weighted by atomic mass is 9.90. The van der Waals surface area contributed by atoms with Crippen LogP contribution in [0.25, 0.3) is 0 Å². The molecule has 2 aliphatic rings. The van der Waals surface area contributed by atoms with Gasteiger partial charge < -0.3 is 14.6 Å². The van der Waals surface area contributed by atoms with Gasteiger partial charge in [0.2, 0.25) is 0 Å². The van der Waals surface area contributed by atoms with Crippen LogP contribution in [0.3, 0.4) is 0 Å². The number of esters is 2. The molecular formula is C17H22O5. The lowest BCUT2D eigenvalue weighted by Gasteiger charge is -2.18. The van der Waals surface area contributed by atoms with Crippen LogP contribution in [0.1, 0.15) is 33.6 Å². The minimum atomic E-state index is -0.499. The van der Waals surface area contributed by atoms with Gasteiger partial charge in [0.1, 0.15) is 18.0 Å². The summed E-state index contributed by atoms with van der Waals surface area (Å²) in [5, 5.41) is 10.3. The van der Waals surface area contributed by atoms with Crippen molar-refractivity contribution in [1.29, 1.82) is 0 Å². The summed E-state index contributed by atoms with van der Waals surface area (Å²) in [6.45, 7) is 8.80. The quantitative estimate of drug-likeness (QED) is 0.493. The largest absolute Gasteiger partial charge is 0.508 e. The van der Waals surface area contributed by atoms with E-state index in [1.54, 1.807) is 6.92 Å². The summed E-state index contributed by atoms with van der Waals surface area (Å²) in [7, 11) is 0. The van der Waals surface area contributed by atoms with Crippen molar-refractivity contribution in [2.45, 2.75) is 45.8 Å². The maximum Gasteiger partial charge on any atom is 0.334 e. The first-order valence-corrected chi connectivity index (χ1v) is 7.47. The van der Waals surface area contributed by atoms with Gasteiger partial charge in [0.25, 0.3) is 0 Å². The molecule has 1 saturated heterocycles. The highest BCUT2D eigenvalue weighted by Gasteiger charge is 2.40. The monoisotopic (exact) mass is 306 g/mol. The third-order valence-corrected chi connectivity index (χ3v) is 4.17. The highest BCUT2D eigenvalue weighted by molar-refractivity contribution is 5.90. The Morgan fingerprint density at radius 2 is 2.27 bits per heavy atom. The van der Waals surface area contributed by atoms with Gasteiger partial charge in [0.15, 0.2) is 0 Å². The summed E-state index contributed by atoms with van der Waals surface area (Å²) in [6.07, 6.45) is 4.01. The molecule has 5 heteroatoms. The molecule has 22 heavy (non-hydrogen) atoms. The van der Waals surface area contributed by atoms with Crippen LogP contribution in [0, 0.1) is 11.8 Å². The lowest BCUT2D eigenvalue weighted by molar-refractivity contribution is -0.143. The average Bonchev–Trinajstić information content (AvgIpc) is 2.56. The van der Waals surface area contributed by atoms with Crippen LogP contribution in [0.2, 0.25) is 0 Å². The second-order valence-electron chi connectivity index (χ2n) is 5.97. The van der Waals surface area contributed by atoms with E-state index in [2.05, 4.69) is 6.58 Å². The fourth-order valence-corrected chi connectivity index (χ4v) is 3.08. The number of hydrogen-bond donors (Lipinski definition) is 1. The van der Waals surface area contributed by atoms with Gasteiger partial charge in [-0.1, -0.05) is 19.6 Å². The van der Waals surface area contributed by atoms with Gasteiger partial charge in [0.05, 0.1) is 0 Å². The van der Waals surface area contributed by atoms with Gasteiger partial charge in [-0.05, 0) is 37.3 Å². The first kappa shape index (κ1) is 16.3. The van der Waals surface area contributed by atoms with Crippen LogP contribution in [-0.2, 0) is 19.1 Å². The summed E-state index contributed by atoms with van der Waals surface area (Å²) >= 11 is 0. The Balaban J connectivity index is 2.16.